The number of hydrogen-bond donors (Lipinski definition) is 0. The molecule has 0 saturated heterocycles. The van der Waals surface area contributed by atoms with Gasteiger partial charge in [-0.25, -0.2) is 0 Å². The Kier molecular flexibility index (Phi) is 59.3. The van der Waals surface area contributed by atoms with Crippen molar-refractivity contribution in [2.24, 2.45) is 0 Å². The summed E-state index contributed by atoms with van der Waals surface area (Å²) in [5.74, 6) is -0.885. The molecule has 0 rings (SSSR count). The Morgan fingerprint density at radius 3 is 0.892 bits per heavy atom. The zero-order valence-corrected chi connectivity index (χ0v) is 48.8. The number of rotatable bonds is 57. The first-order valence-electron chi connectivity index (χ1n) is 31.6. The molecular weight excluding hydrogens is 913 g/mol. The highest BCUT2D eigenvalue weighted by Gasteiger charge is 2.19. The molecule has 426 valence electrons. The number of unbranched alkanes of at least 4 members (excludes halogenated alkanes) is 32. The van der Waals surface area contributed by atoms with Crippen molar-refractivity contribution in [1.82, 2.24) is 0 Å². The third kappa shape index (κ3) is 59.5. The highest BCUT2D eigenvalue weighted by molar-refractivity contribution is 5.71. The van der Waals surface area contributed by atoms with Gasteiger partial charge in [-0.2, -0.15) is 0 Å². The highest BCUT2D eigenvalue weighted by Crippen LogP contribution is 2.16. The maximum atomic E-state index is 12.9. The summed E-state index contributed by atoms with van der Waals surface area (Å²) >= 11 is 0. The van der Waals surface area contributed by atoms with Crippen molar-refractivity contribution in [2.75, 3.05) is 13.2 Å². The molecule has 0 aliphatic rings. The van der Waals surface area contributed by atoms with Crippen LogP contribution in [0.15, 0.2) is 85.1 Å². The molecule has 0 saturated carbocycles. The second kappa shape index (κ2) is 62.1. The highest BCUT2D eigenvalue weighted by atomic mass is 16.6. The van der Waals surface area contributed by atoms with Crippen LogP contribution in [0.3, 0.4) is 0 Å². The van der Waals surface area contributed by atoms with Gasteiger partial charge in [-0.1, -0.05) is 266 Å². The van der Waals surface area contributed by atoms with E-state index < -0.39 is 6.10 Å². The van der Waals surface area contributed by atoms with Gasteiger partial charge in [-0.15, -0.1) is 0 Å². The van der Waals surface area contributed by atoms with Gasteiger partial charge in [0.1, 0.15) is 13.2 Å². The number of carbonyl (C=O) groups is 3. The second-order valence-corrected chi connectivity index (χ2v) is 20.9. The van der Waals surface area contributed by atoms with E-state index in [1.54, 1.807) is 0 Å². The number of ether oxygens (including phenoxy) is 3. The van der Waals surface area contributed by atoms with Gasteiger partial charge in [0.05, 0.1) is 0 Å². The van der Waals surface area contributed by atoms with Gasteiger partial charge in [0.15, 0.2) is 6.10 Å². The van der Waals surface area contributed by atoms with Crippen molar-refractivity contribution >= 4 is 17.9 Å². The summed E-state index contributed by atoms with van der Waals surface area (Å²) in [6.07, 6.45) is 81.7. The van der Waals surface area contributed by atoms with Crippen molar-refractivity contribution in [1.29, 1.82) is 0 Å². The largest absolute Gasteiger partial charge is 0.462 e. The van der Waals surface area contributed by atoms with E-state index in [0.717, 1.165) is 103 Å². The van der Waals surface area contributed by atoms with Crippen molar-refractivity contribution in [3.05, 3.63) is 85.1 Å². The molecular formula is C68H118O6. The van der Waals surface area contributed by atoms with Crippen LogP contribution < -0.4 is 0 Å². The number of hydrogen-bond acceptors (Lipinski definition) is 6. The Morgan fingerprint density at radius 1 is 0.284 bits per heavy atom. The van der Waals surface area contributed by atoms with Gasteiger partial charge < -0.3 is 14.2 Å². The van der Waals surface area contributed by atoms with Gasteiger partial charge in [-0.3, -0.25) is 14.4 Å². The molecule has 0 fully saturated rings. The van der Waals surface area contributed by atoms with Gasteiger partial charge in [0.25, 0.3) is 0 Å². The first-order chi connectivity index (χ1) is 36.5. The molecule has 0 bridgehead atoms. The fourth-order valence-electron chi connectivity index (χ4n) is 8.88. The molecule has 1 unspecified atom stereocenters. The molecule has 6 nitrogen and oxygen atoms in total. The van der Waals surface area contributed by atoms with Crippen LogP contribution in [-0.2, 0) is 28.6 Å². The lowest BCUT2D eigenvalue weighted by atomic mass is 10.0. The summed E-state index contributed by atoms with van der Waals surface area (Å²) in [5.41, 5.74) is 0. The third-order valence-corrected chi connectivity index (χ3v) is 13.6. The lowest BCUT2D eigenvalue weighted by Gasteiger charge is -2.18. The number of esters is 3. The minimum absolute atomic E-state index is 0.0793. The van der Waals surface area contributed by atoms with Crippen LogP contribution in [0.25, 0.3) is 0 Å². The summed E-state index contributed by atoms with van der Waals surface area (Å²) in [7, 11) is 0. The number of carbonyl (C=O) groups excluding carboxylic acids is 3. The van der Waals surface area contributed by atoms with E-state index in [2.05, 4.69) is 106 Å². The molecule has 0 aliphatic heterocycles. The molecule has 0 amide bonds. The molecule has 0 spiro atoms. The molecule has 0 aliphatic carbocycles. The average molecular weight is 1030 g/mol. The lowest BCUT2D eigenvalue weighted by Crippen LogP contribution is -2.30. The van der Waals surface area contributed by atoms with Gasteiger partial charge >= 0.3 is 17.9 Å². The van der Waals surface area contributed by atoms with Crippen LogP contribution in [0.5, 0.6) is 0 Å². The van der Waals surface area contributed by atoms with E-state index >= 15 is 0 Å². The zero-order valence-electron chi connectivity index (χ0n) is 48.8. The van der Waals surface area contributed by atoms with E-state index in [9.17, 15) is 14.4 Å². The Labute approximate surface area is 458 Å². The molecule has 1 atom stereocenters. The maximum absolute atomic E-state index is 12.9. The molecule has 0 aromatic rings. The Balaban J connectivity index is 4.21. The fraction of sp³-hybridized carbons (Fsp3) is 0.750. The van der Waals surface area contributed by atoms with Crippen LogP contribution in [0, 0.1) is 0 Å². The van der Waals surface area contributed by atoms with E-state index in [4.69, 9.17) is 14.2 Å². The predicted molar refractivity (Wildman–Crippen MR) is 321 cm³/mol. The van der Waals surface area contributed by atoms with E-state index in [1.807, 2.05) is 0 Å². The van der Waals surface area contributed by atoms with Crippen molar-refractivity contribution in [2.45, 2.75) is 316 Å². The van der Waals surface area contributed by atoms with E-state index in [1.165, 1.54) is 167 Å². The number of allylic oxidation sites excluding steroid dienone is 14. The molecule has 0 aromatic heterocycles. The Morgan fingerprint density at radius 2 is 0.554 bits per heavy atom. The molecule has 0 N–H and O–H groups in total. The average Bonchev–Trinajstić information content (AvgIpc) is 3.40. The van der Waals surface area contributed by atoms with Crippen LogP contribution in [0.1, 0.15) is 310 Å². The maximum Gasteiger partial charge on any atom is 0.306 e. The molecule has 0 radical (unpaired) electrons. The molecule has 0 heterocycles. The van der Waals surface area contributed by atoms with Crippen molar-refractivity contribution in [3.8, 4) is 0 Å². The first kappa shape index (κ1) is 70.6. The normalized spacial score (nSPS) is 12.6. The third-order valence-electron chi connectivity index (χ3n) is 13.6. The summed E-state index contributed by atoms with van der Waals surface area (Å²) in [5, 5.41) is 0. The molecule has 74 heavy (non-hydrogen) atoms. The van der Waals surface area contributed by atoms with Crippen LogP contribution >= 0.6 is 0 Å². The minimum atomic E-state index is -0.782. The lowest BCUT2D eigenvalue weighted by molar-refractivity contribution is -0.167. The van der Waals surface area contributed by atoms with E-state index in [0.29, 0.717) is 19.3 Å². The second-order valence-electron chi connectivity index (χ2n) is 20.9. The van der Waals surface area contributed by atoms with Gasteiger partial charge in [-0.05, 0) is 109 Å². The Hall–Kier alpha value is -3.41. The van der Waals surface area contributed by atoms with E-state index in [-0.39, 0.29) is 31.1 Å². The summed E-state index contributed by atoms with van der Waals surface area (Å²) in [6.45, 7) is 6.46. The smallest absolute Gasteiger partial charge is 0.306 e. The topological polar surface area (TPSA) is 78.9 Å². The quantitative estimate of drug-likeness (QED) is 0.0261. The SMILES string of the molecule is CC/C=C\C/C=C\C/C=C\C/C=C\CCCCCCCCCCCCCCCCC(=O)OCC(COC(=O)CCCCCCC/C=C\CCC)OC(=O)CCCCCCCCCCC/C=C\C/C=C\CCCCC. The summed E-state index contributed by atoms with van der Waals surface area (Å²) < 4.78 is 16.9. The van der Waals surface area contributed by atoms with Crippen LogP contribution in [0.2, 0.25) is 0 Å². The monoisotopic (exact) mass is 1030 g/mol. The minimum Gasteiger partial charge on any atom is -0.462 e. The van der Waals surface area contributed by atoms with Crippen LogP contribution in [0.4, 0.5) is 0 Å². The first-order valence-corrected chi connectivity index (χ1v) is 31.6. The van der Waals surface area contributed by atoms with Crippen molar-refractivity contribution in [3.63, 3.8) is 0 Å². The zero-order chi connectivity index (χ0) is 53.6. The van der Waals surface area contributed by atoms with Crippen LogP contribution in [-0.4, -0.2) is 37.2 Å². The standard InChI is InChI=1S/C68H118O6/c1-4-7-10-13-16-19-22-24-26-28-30-31-32-33-34-35-36-37-39-40-42-44-46-49-52-55-58-61-67(70)73-64-65(63-72-66(69)60-57-54-51-48-21-18-15-12-9-6-3)74-68(71)62-59-56-53-50-47-45-43-41-38-29-27-25-23-20-17-14-11-8-5-2/h7,10,12,15-17,19-20,24-27,30-31,65H,4-6,8-9,11,13-14,18,21-23,28-29,32-64H2,1-3H3/b10-7-,15-12-,19-16-,20-17-,26-24-,27-25-,31-30-. The summed E-state index contributed by atoms with van der Waals surface area (Å²) in [4.78, 5) is 38.2. The fourth-order valence-corrected chi connectivity index (χ4v) is 8.88. The summed E-state index contributed by atoms with van der Waals surface area (Å²) in [6, 6.07) is 0. The predicted octanol–water partition coefficient (Wildman–Crippen LogP) is 21.5. The van der Waals surface area contributed by atoms with Gasteiger partial charge in [0.2, 0.25) is 0 Å². The molecule has 0 aromatic carbocycles. The van der Waals surface area contributed by atoms with Gasteiger partial charge in [0, 0.05) is 19.3 Å². The Bertz CT molecular complexity index is 1420. The van der Waals surface area contributed by atoms with Crippen molar-refractivity contribution < 1.29 is 28.6 Å². The molecule has 6 heteroatoms.